The Hall–Kier alpha value is -1.64. The summed E-state index contributed by atoms with van der Waals surface area (Å²) < 4.78 is 0. The van der Waals surface area contributed by atoms with Crippen molar-refractivity contribution in [1.29, 1.82) is 0 Å². The second-order valence-electron chi connectivity index (χ2n) is 2.63. The van der Waals surface area contributed by atoms with Crippen LogP contribution in [0.5, 0.6) is 0 Å². The van der Waals surface area contributed by atoms with E-state index in [9.17, 15) is 0 Å². The van der Waals surface area contributed by atoms with Crippen LogP contribution in [0.2, 0.25) is 0 Å². The highest BCUT2D eigenvalue weighted by atomic mass is 14.9. The second-order valence-corrected chi connectivity index (χ2v) is 2.63. The lowest BCUT2D eigenvalue weighted by atomic mass is 10.1. The van der Waals surface area contributed by atoms with Crippen molar-refractivity contribution in [2.24, 2.45) is 0 Å². The van der Waals surface area contributed by atoms with Gasteiger partial charge in [-0.1, -0.05) is 0 Å². The van der Waals surface area contributed by atoms with Gasteiger partial charge in [0, 0.05) is 30.4 Å². The Morgan fingerprint density at radius 1 is 1.33 bits per heavy atom. The molecule has 0 atom stereocenters. The number of hydrogen-bond acceptors (Lipinski definition) is 2. The summed E-state index contributed by atoms with van der Waals surface area (Å²) in [6, 6.07) is 1.97. The molecule has 2 aromatic heterocycles. The quantitative estimate of drug-likeness (QED) is 0.689. The van der Waals surface area contributed by atoms with Gasteiger partial charge in [-0.05, 0) is 18.6 Å². The maximum atomic E-state index is 4.15. The smallest absolute Gasteiger partial charge is 0.139 e. The summed E-state index contributed by atoms with van der Waals surface area (Å²) in [4.78, 5) is 11.2. The van der Waals surface area contributed by atoms with Gasteiger partial charge in [0.2, 0.25) is 0 Å². The van der Waals surface area contributed by atoms with Crippen LogP contribution in [0.25, 0.3) is 11.4 Å². The molecule has 0 unspecified atom stereocenters. The van der Waals surface area contributed by atoms with Crippen LogP contribution >= 0.6 is 0 Å². The van der Waals surface area contributed by atoms with E-state index in [4.69, 9.17) is 0 Å². The van der Waals surface area contributed by atoms with E-state index in [1.165, 1.54) is 5.56 Å². The summed E-state index contributed by atoms with van der Waals surface area (Å²) in [6.07, 6.45) is 7.14. The first-order chi connectivity index (χ1) is 5.88. The Morgan fingerprint density at radius 3 is 2.92 bits per heavy atom. The molecule has 0 aromatic carbocycles. The minimum absolute atomic E-state index is 0.876. The predicted molar refractivity (Wildman–Crippen MR) is 46.6 cm³/mol. The fraction of sp³-hybridized carbons (Fsp3) is 0.111. The molecular formula is C9H9N3. The monoisotopic (exact) mass is 159 g/mol. The molecule has 12 heavy (non-hydrogen) atoms. The van der Waals surface area contributed by atoms with Crippen LogP contribution in [0.3, 0.4) is 0 Å². The molecule has 0 saturated heterocycles. The standard InChI is InChI=1S/C9H9N3/c1-7-2-3-10-6-8(7)9-11-4-5-12-9/h2-6H,1H3,(H,11,12). The number of aromatic nitrogens is 3. The number of hydrogen-bond donors (Lipinski definition) is 1. The molecule has 0 fully saturated rings. The maximum Gasteiger partial charge on any atom is 0.139 e. The molecule has 2 rings (SSSR count). The van der Waals surface area contributed by atoms with Gasteiger partial charge in [-0.3, -0.25) is 4.98 Å². The van der Waals surface area contributed by atoms with Gasteiger partial charge in [0.1, 0.15) is 5.82 Å². The van der Waals surface area contributed by atoms with E-state index in [1.807, 2.05) is 25.4 Å². The van der Waals surface area contributed by atoms with Crippen LogP contribution in [-0.2, 0) is 0 Å². The molecular weight excluding hydrogens is 150 g/mol. The van der Waals surface area contributed by atoms with Crippen molar-refractivity contribution in [3.63, 3.8) is 0 Å². The normalized spacial score (nSPS) is 10.1. The Labute approximate surface area is 70.5 Å². The molecule has 0 aliphatic rings. The van der Waals surface area contributed by atoms with Gasteiger partial charge in [0.25, 0.3) is 0 Å². The van der Waals surface area contributed by atoms with Crippen molar-refractivity contribution in [1.82, 2.24) is 15.0 Å². The first-order valence-electron chi connectivity index (χ1n) is 3.78. The number of rotatable bonds is 1. The predicted octanol–water partition coefficient (Wildman–Crippen LogP) is 1.78. The molecule has 0 radical (unpaired) electrons. The van der Waals surface area contributed by atoms with Crippen molar-refractivity contribution in [3.8, 4) is 11.4 Å². The highest BCUT2D eigenvalue weighted by molar-refractivity contribution is 5.57. The summed E-state index contributed by atoms with van der Waals surface area (Å²) in [6.45, 7) is 2.04. The zero-order chi connectivity index (χ0) is 8.39. The summed E-state index contributed by atoms with van der Waals surface area (Å²) in [5, 5.41) is 0. The third-order valence-corrected chi connectivity index (χ3v) is 1.79. The van der Waals surface area contributed by atoms with Gasteiger partial charge in [-0.2, -0.15) is 0 Å². The van der Waals surface area contributed by atoms with E-state index in [0.29, 0.717) is 0 Å². The maximum absolute atomic E-state index is 4.15. The molecule has 1 N–H and O–H groups in total. The molecule has 2 aromatic rings. The Balaban J connectivity index is 2.55. The molecule has 0 aliphatic heterocycles. The highest BCUT2D eigenvalue weighted by Gasteiger charge is 2.01. The fourth-order valence-electron chi connectivity index (χ4n) is 1.12. The van der Waals surface area contributed by atoms with Gasteiger partial charge in [0.05, 0.1) is 0 Å². The number of aromatic amines is 1. The lowest BCUT2D eigenvalue weighted by Crippen LogP contribution is -1.85. The van der Waals surface area contributed by atoms with Crippen LogP contribution in [0.4, 0.5) is 0 Å². The number of nitrogens with one attached hydrogen (secondary N) is 1. The van der Waals surface area contributed by atoms with E-state index in [1.54, 1.807) is 12.4 Å². The van der Waals surface area contributed by atoms with E-state index in [2.05, 4.69) is 15.0 Å². The zero-order valence-corrected chi connectivity index (χ0v) is 6.78. The van der Waals surface area contributed by atoms with E-state index in [0.717, 1.165) is 11.4 Å². The van der Waals surface area contributed by atoms with Gasteiger partial charge < -0.3 is 4.98 Å². The minimum atomic E-state index is 0.876. The fourth-order valence-corrected chi connectivity index (χ4v) is 1.12. The molecule has 60 valence electrons. The van der Waals surface area contributed by atoms with Gasteiger partial charge in [-0.15, -0.1) is 0 Å². The average Bonchev–Trinajstić information content (AvgIpc) is 2.57. The Kier molecular flexibility index (Phi) is 1.63. The first-order valence-corrected chi connectivity index (χ1v) is 3.78. The third kappa shape index (κ3) is 1.09. The molecule has 3 heteroatoms. The summed E-state index contributed by atoms with van der Waals surface area (Å²) in [5.41, 5.74) is 2.24. The number of H-pyrrole nitrogens is 1. The van der Waals surface area contributed by atoms with Gasteiger partial charge >= 0.3 is 0 Å². The molecule has 2 heterocycles. The molecule has 0 amide bonds. The van der Waals surface area contributed by atoms with Crippen LogP contribution in [0.1, 0.15) is 5.56 Å². The van der Waals surface area contributed by atoms with Crippen molar-refractivity contribution in [2.75, 3.05) is 0 Å². The largest absolute Gasteiger partial charge is 0.345 e. The molecule has 0 spiro atoms. The summed E-state index contributed by atoms with van der Waals surface area (Å²) in [5.74, 6) is 0.876. The van der Waals surface area contributed by atoms with Gasteiger partial charge in [-0.25, -0.2) is 4.98 Å². The topological polar surface area (TPSA) is 41.6 Å². The van der Waals surface area contributed by atoms with Crippen LogP contribution < -0.4 is 0 Å². The van der Waals surface area contributed by atoms with Crippen LogP contribution in [0, 0.1) is 6.92 Å². The molecule has 3 nitrogen and oxygen atoms in total. The molecule has 0 bridgehead atoms. The van der Waals surface area contributed by atoms with E-state index >= 15 is 0 Å². The van der Waals surface area contributed by atoms with E-state index < -0.39 is 0 Å². The third-order valence-electron chi connectivity index (χ3n) is 1.79. The molecule has 0 saturated carbocycles. The number of imidazole rings is 1. The van der Waals surface area contributed by atoms with Crippen molar-refractivity contribution in [2.45, 2.75) is 6.92 Å². The minimum Gasteiger partial charge on any atom is -0.345 e. The number of pyridine rings is 1. The number of nitrogens with zero attached hydrogens (tertiary/aromatic N) is 2. The van der Waals surface area contributed by atoms with Crippen LogP contribution in [-0.4, -0.2) is 15.0 Å². The Morgan fingerprint density at radius 2 is 2.25 bits per heavy atom. The molecule has 0 aliphatic carbocycles. The summed E-state index contributed by atoms with van der Waals surface area (Å²) >= 11 is 0. The van der Waals surface area contributed by atoms with Gasteiger partial charge in [0.15, 0.2) is 0 Å². The second kappa shape index (κ2) is 2.77. The first kappa shape index (κ1) is 7.03. The van der Waals surface area contributed by atoms with E-state index in [-0.39, 0.29) is 0 Å². The summed E-state index contributed by atoms with van der Waals surface area (Å²) in [7, 11) is 0. The van der Waals surface area contributed by atoms with Crippen molar-refractivity contribution in [3.05, 3.63) is 36.4 Å². The highest BCUT2D eigenvalue weighted by Crippen LogP contribution is 2.16. The Bertz CT molecular complexity index is 365. The van der Waals surface area contributed by atoms with Crippen molar-refractivity contribution < 1.29 is 0 Å². The van der Waals surface area contributed by atoms with Crippen molar-refractivity contribution >= 4 is 0 Å². The SMILES string of the molecule is Cc1ccncc1-c1ncc[nH]1. The average molecular weight is 159 g/mol. The van der Waals surface area contributed by atoms with Crippen LogP contribution in [0.15, 0.2) is 30.9 Å². The number of aryl methyl sites for hydroxylation is 1. The lowest BCUT2D eigenvalue weighted by Gasteiger charge is -1.99. The lowest BCUT2D eigenvalue weighted by molar-refractivity contribution is 1.23. The zero-order valence-electron chi connectivity index (χ0n) is 6.78.